The molecule has 1 aliphatic carbocycles. The summed E-state index contributed by atoms with van der Waals surface area (Å²) in [6.07, 6.45) is 6.82. The number of aliphatic hydroxyl groups excluding tert-OH is 1. The average Bonchev–Trinajstić information content (AvgIpc) is 2.87. The van der Waals surface area contributed by atoms with Crippen LogP contribution in [0.4, 0.5) is 0 Å². The number of rotatable bonds is 4. The van der Waals surface area contributed by atoms with E-state index < -0.39 is 0 Å². The van der Waals surface area contributed by atoms with Gasteiger partial charge < -0.3 is 5.11 Å². The van der Waals surface area contributed by atoms with Crippen molar-refractivity contribution < 1.29 is 5.11 Å². The first kappa shape index (κ1) is 16.0. The largest absolute Gasteiger partial charge is 0.392 e. The van der Waals surface area contributed by atoms with E-state index in [4.69, 9.17) is 4.98 Å². The van der Waals surface area contributed by atoms with Gasteiger partial charge in [-0.15, -0.1) is 11.3 Å². The Hall–Kier alpha value is -0.410. The quantitative estimate of drug-likeness (QED) is 0.883. The van der Waals surface area contributed by atoms with E-state index in [0.717, 1.165) is 23.0 Å². The fourth-order valence-electron chi connectivity index (χ4n) is 3.15. The molecule has 0 saturated heterocycles. The van der Waals surface area contributed by atoms with Crippen molar-refractivity contribution in [2.45, 2.75) is 77.7 Å². The Bertz CT molecular complexity index is 421. The molecule has 3 heteroatoms. The maximum Gasteiger partial charge on any atom is 0.0954 e. The molecule has 0 spiro atoms. The first-order valence-corrected chi connectivity index (χ1v) is 8.91. The molecule has 0 radical (unpaired) electrons. The smallest absolute Gasteiger partial charge is 0.0954 e. The molecule has 0 bridgehead atoms. The lowest BCUT2D eigenvalue weighted by Gasteiger charge is -2.31. The summed E-state index contributed by atoms with van der Waals surface area (Å²) in [7, 11) is 0. The Balaban J connectivity index is 1.94. The van der Waals surface area contributed by atoms with E-state index in [2.05, 4.69) is 33.1 Å². The summed E-state index contributed by atoms with van der Waals surface area (Å²) in [5.74, 6) is 1.31. The zero-order chi connectivity index (χ0) is 14.8. The lowest BCUT2D eigenvalue weighted by atomic mass is 9.77. The fourth-order valence-corrected chi connectivity index (χ4v) is 4.22. The molecule has 1 heterocycles. The highest BCUT2D eigenvalue weighted by molar-refractivity contribution is 7.09. The molecule has 0 amide bonds. The first-order valence-electron chi connectivity index (χ1n) is 8.03. The number of thiazole rings is 1. The van der Waals surface area contributed by atoms with Gasteiger partial charge in [0.05, 0.1) is 16.8 Å². The van der Waals surface area contributed by atoms with E-state index in [-0.39, 0.29) is 11.5 Å². The van der Waals surface area contributed by atoms with Crippen molar-refractivity contribution in [1.29, 1.82) is 0 Å². The average molecular weight is 295 g/mol. The Morgan fingerprint density at radius 1 is 1.40 bits per heavy atom. The van der Waals surface area contributed by atoms with Gasteiger partial charge in [0.25, 0.3) is 0 Å². The molecule has 1 aliphatic rings. The van der Waals surface area contributed by atoms with Crippen LogP contribution in [0.5, 0.6) is 0 Å². The minimum Gasteiger partial charge on any atom is -0.392 e. The highest BCUT2D eigenvalue weighted by atomic mass is 32.1. The van der Waals surface area contributed by atoms with Crippen molar-refractivity contribution in [3.05, 3.63) is 16.1 Å². The van der Waals surface area contributed by atoms with Gasteiger partial charge in [-0.25, -0.2) is 4.98 Å². The van der Waals surface area contributed by atoms with Gasteiger partial charge in [-0.3, -0.25) is 0 Å². The van der Waals surface area contributed by atoms with Gasteiger partial charge in [-0.2, -0.15) is 0 Å². The van der Waals surface area contributed by atoms with Gasteiger partial charge in [-0.05, 0) is 24.7 Å². The minimum absolute atomic E-state index is 0.109. The van der Waals surface area contributed by atoms with Gasteiger partial charge in [0.1, 0.15) is 0 Å². The van der Waals surface area contributed by atoms with Crippen LogP contribution in [0.15, 0.2) is 5.38 Å². The van der Waals surface area contributed by atoms with Gasteiger partial charge in [0.15, 0.2) is 0 Å². The van der Waals surface area contributed by atoms with E-state index in [1.54, 1.807) is 11.3 Å². The number of hydrogen-bond donors (Lipinski definition) is 1. The second kappa shape index (κ2) is 6.57. The maximum atomic E-state index is 10.5. The van der Waals surface area contributed by atoms with Crippen LogP contribution in [0.25, 0.3) is 0 Å². The van der Waals surface area contributed by atoms with Crippen LogP contribution in [0.3, 0.4) is 0 Å². The molecular formula is C17H29NOS. The highest BCUT2D eigenvalue weighted by Crippen LogP contribution is 2.34. The zero-order valence-corrected chi connectivity index (χ0v) is 14.2. The van der Waals surface area contributed by atoms with Crippen molar-refractivity contribution >= 4 is 11.3 Å². The third-order valence-electron chi connectivity index (χ3n) is 4.65. The molecular weight excluding hydrogens is 266 g/mol. The molecule has 1 fully saturated rings. The lowest BCUT2D eigenvalue weighted by molar-refractivity contribution is 0.0684. The molecule has 2 rings (SSSR count). The summed E-state index contributed by atoms with van der Waals surface area (Å²) in [5.41, 5.74) is 1.26. The second-order valence-electron chi connectivity index (χ2n) is 7.35. The molecule has 1 N–H and O–H groups in total. The van der Waals surface area contributed by atoms with Gasteiger partial charge >= 0.3 is 0 Å². The predicted molar refractivity (Wildman–Crippen MR) is 86.3 cm³/mol. The standard InChI is InChI=1S/C17H29NOS/c1-5-12-7-6-8-13(9-12)14(19)10-16-18-15(11-20-16)17(2,3)4/h11-14,19H,5-10H2,1-4H3. The fraction of sp³-hybridized carbons (Fsp3) is 0.824. The summed E-state index contributed by atoms with van der Waals surface area (Å²) in [4.78, 5) is 4.71. The Morgan fingerprint density at radius 2 is 2.15 bits per heavy atom. The summed E-state index contributed by atoms with van der Waals surface area (Å²) < 4.78 is 0. The number of nitrogens with zero attached hydrogens (tertiary/aromatic N) is 1. The topological polar surface area (TPSA) is 33.1 Å². The van der Waals surface area contributed by atoms with Crippen LogP contribution in [0, 0.1) is 11.8 Å². The van der Waals surface area contributed by atoms with E-state index in [9.17, 15) is 5.11 Å². The Labute approximate surface area is 127 Å². The summed E-state index contributed by atoms with van der Waals surface area (Å²) in [5, 5.41) is 13.8. The monoisotopic (exact) mass is 295 g/mol. The van der Waals surface area contributed by atoms with E-state index in [0.29, 0.717) is 5.92 Å². The van der Waals surface area contributed by atoms with Crippen LogP contribution >= 0.6 is 11.3 Å². The molecule has 1 aromatic heterocycles. The van der Waals surface area contributed by atoms with Gasteiger partial charge in [0.2, 0.25) is 0 Å². The second-order valence-corrected chi connectivity index (χ2v) is 8.29. The Kier molecular flexibility index (Phi) is 5.25. The molecule has 1 aromatic rings. The highest BCUT2D eigenvalue weighted by Gasteiger charge is 2.27. The van der Waals surface area contributed by atoms with Crippen LogP contribution in [-0.2, 0) is 11.8 Å². The molecule has 3 unspecified atom stereocenters. The van der Waals surface area contributed by atoms with Crippen molar-refractivity contribution in [2.75, 3.05) is 0 Å². The number of aliphatic hydroxyl groups is 1. The third-order valence-corrected chi connectivity index (χ3v) is 5.52. The zero-order valence-electron chi connectivity index (χ0n) is 13.4. The summed E-state index contributed by atoms with van der Waals surface area (Å²) in [6.45, 7) is 8.84. The molecule has 0 aromatic carbocycles. The maximum absolute atomic E-state index is 10.5. The van der Waals surface area contributed by atoms with Crippen molar-refractivity contribution in [3.8, 4) is 0 Å². The normalized spacial score (nSPS) is 25.6. The minimum atomic E-state index is -0.205. The molecule has 20 heavy (non-hydrogen) atoms. The first-order chi connectivity index (χ1) is 9.40. The molecule has 2 nitrogen and oxygen atoms in total. The van der Waals surface area contributed by atoms with Crippen molar-refractivity contribution in [3.63, 3.8) is 0 Å². The van der Waals surface area contributed by atoms with Crippen LogP contribution < -0.4 is 0 Å². The Morgan fingerprint density at radius 3 is 2.75 bits per heavy atom. The van der Waals surface area contributed by atoms with Crippen LogP contribution in [-0.4, -0.2) is 16.2 Å². The van der Waals surface area contributed by atoms with E-state index in [1.807, 2.05) is 0 Å². The third kappa shape index (κ3) is 4.05. The summed E-state index contributed by atoms with van der Waals surface area (Å²) >= 11 is 1.70. The summed E-state index contributed by atoms with van der Waals surface area (Å²) in [6, 6.07) is 0. The molecule has 114 valence electrons. The van der Waals surface area contributed by atoms with Crippen molar-refractivity contribution in [1.82, 2.24) is 4.98 Å². The molecule has 3 atom stereocenters. The molecule has 1 saturated carbocycles. The van der Waals surface area contributed by atoms with Crippen molar-refractivity contribution in [2.24, 2.45) is 11.8 Å². The predicted octanol–water partition coefficient (Wildman–Crippen LogP) is 4.56. The van der Waals surface area contributed by atoms with E-state index >= 15 is 0 Å². The number of aromatic nitrogens is 1. The lowest BCUT2D eigenvalue weighted by Crippen LogP contribution is -2.28. The van der Waals surface area contributed by atoms with Gasteiger partial charge in [0, 0.05) is 17.2 Å². The SMILES string of the molecule is CCC1CCCC(C(O)Cc2nc(C(C)(C)C)cs2)C1. The van der Waals surface area contributed by atoms with Crippen LogP contribution in [0.1, 0.15) is 70.5 Å². The molecule has 0 aliphatic heterocycles. The van der Waals surface area contributed by atoms with E-state index in [1.165, 1.54) is 32.1 Å². The number of hydrogen-bond acceptors (Lipinski definition) is 3. The van der Waals surface area contributed by atoms with Gasteiger partial charge in [-0.1, -0.05) is 47.0 Å². The van der Waals surface area contributed by atoms with Crippen LogP contribution in [0.2, 0.25) is 0 Å².